The molecule has 1 aliphatic rings. The van der Waals surface area contributed by atoms with E-state index in [4.69, 9.17) is 9.47 Å². The predicted octanol–water partition coefficient (Wildman–Crippen LogP) is 4.12. The Balaban J connectivity index is 1.64. The van der Waals surface area contributed by atoms with Crippen LogP contribution in [0.3, 0.4) is 0 Å². The lowest BCUT2D eigenvalue weighted by molar-refractivity contribution is 0.0953. The molecular weight excluding hydrogens is 314 g/mol. The third-order valence-electron chi connectivity index (χ3n) is 4.20. The van der Waals surface area contributed by atoms with Crippen LogP contribution in [-0.2, 0) is 13.0 Å². The first-order valence-corrected chi connectivity index (χ1v) is 8.79. The Morgan fingerprint density at radius 3 is 2.68 bits per heavy atom. The van der Waals surface area contributed by atoms with Crippen molar-refractivity contribution in [2.24, 2.45) is 0 Å². The number of carbonyl (C=O) groups excluding carboxylic acids is 1. The number of nitrogens with one attached hydrogen (secondary N) is 1. The topological polar surface area (TPSA) is 47.6 Å². The molecule has 0 bridgehead atoms. The van der Waals surface area contributed by atoms with Crippen LogP contribution in [0.1, 0.15) is 48.7 Å². The summed E-state index contributed by atoms with van der Waals surface area (Å²) in [6, 6.07) is 13.5. The van der Waals surface area contributed by atoms with Crippen LogP contribution in [0.5, 0.6) is 11.5 Å². The van der Waals surface area contributed by atoms with E-state index in [2.05, 4.69) is 25.2 Å². The van der Waals surface area contributed by atoms with E-state index in [0.29, 0.717) is 18.7 Å². The highest BCUT2D eigenvalue weighted by Gasteiger charge is 2.32. The second-order valence-corrected chi connectivity index (χ2v) is 7.02. The zero-order valence-electron chi connectivity index (χ0n) is 15.1. The van der Waals surface area contributed by atoms with E-state index < -0.39 is 0 Å². The highest BCUT2D eigenvalue weighted by Crippen LogP contribution is 2.41. The van der Waals surface area contributed by atoms with Crippen LogP contribution in [0.4, 0.5) is 0 Å². The second-order valence-electron chi connectivity index (χ2n) is 7.02. The summed E-state index contributed by atoms with van der Waals surface area (Å²) in [5, 5.41) is 2.88. The van der Waals surface area contributed by atoms with E-state index in [-0.39, 0.29) is 11.5 Å². The van der Waals surface area contributed by atoms with E-state index in [0.717, 1.165) is 29.9 Å². The lowest BCUT2D eigenvalue weighted by atomic mass is 10.0. The van der Waals surface area contributed by atoms with Gasteiger partial charge in [0.25, 0.3) is 5.91 Å². The number of carbonyl (C=O) groups is 1. The monoisotopic (exact) mass is 339 g/mol. The Bertz CT molecular complexity index is 750. The zero-order valence-corrected chi connectivity index (χ0v) is 15.1. The number of hydrogen-bond acceptors (Lipinski definition) is 3. The summed E-state index contributed by atoms with van der Waals surface area (Å²) in [4.78, 5) is 11.9. The molecule has 0 fully saturated rings. The van der Waals surface area contributed by atoms with Gasteiger partial charge in [-0.1, -0.05) is 31.2 Å². The van der Waals surface area contributed by atoms with Gasteiger partial charge in [0.05, 0.1) is 0 Å². The average Bonchev–Trinajstić information content (AvgIpc) is 2.92. The fourth-order valence-electron chi connectivity index (χ4n) is 2.96. The molecule has 25 heavy (non-hydrogen) atoms. The number of rotatable bonds is 6. The molecule has 132 valence electrons. The molecule has 0 unspecified atom stereocenters. The molecule has 3 rings (SSSR count). The lowest BCUT2D eigenvalue weighted by Gasteiger charge is -2.18. The van der Waals surface area contributed by atoms with E-state index in [1.165, 1.54) is 5.56 Å². The molecule has 1 N–H and O–H groups in total. The zero-order chi connectivity index (χ0) is 17.9. The number of amides is 1. The molecule has 0 aliphatic carbocycles. The van der Waals surface area contributed by atoms with Crippen LogP contribution in [-0.4, -0.2) is 18.1 Å². The molecule has 4 nitrogen and oxygen atoms in total. The Morgan fingerprint density at radius 2 is 1.96 bits per heavy atom. The molecule has 0 spiro atoms. The van der Waals surface area contributed by atoms with Gasteiger partial charge in [0, 0.05) is 24.1 Å². The van der Waals surface area contributed by atoms with E-state index in [9.17, 15) is 4.79 Å². The fraction of sp³-hybridized carbons (Fsp3) is 0.381. The van der Waals surface area contributed by atoms with Gasteiger partial charge in [0.15, 0.2) is 11.5 Å². The van der Waals surface area contributed by atoms with Gasteiger partial charge in [-0.2, -0.15) is 0 Å². The number of benzene rings is 2. The number of hydrogen-bond donors (Lipinski definition) is 1. The largest absolute Gasteiger partial charge is 0.485 e. The molecule has 2 aromatic carbocycles. The summed E-state index contributed by atoms with van der Waals surface area (Å²) in [6.07, 6.45) is 1.82. The third-order valence-corrected chi connectivity index (χ3v) is 4.20. The van der Waals surface area contributed by atoms with Crippen molar-refractivity contribution < 1.29 is 14.3 Å². The molecule has 0 aromatic heterocycles. The first-order chi connectivity index (χ1) is 12.0. The molecule has 0 radical (unpaired) electrons. The first-order valence-electron chi connectivity index (χ1n) is 8.79. The van der Waals surface area contributed by atoms with Crippen molar-refractivity contribution in [2.75, 3.05) is 6.54 Å². The lowest BCUT2D eigenvalue weighted by Crippen LogP contribution is -2.24. The van der Waals surface area contributed by atoms with Crippen LogP contribution in [0.2, 0.25) is 0 Å². The third kappa shape index (κ3) is 4.13. The van der Waals surface area contributed by atoms with Gasteiger partial charge in [-0.3, -0.25) is 4.79 Å². The highest BCUT2D eigenvalue weighted by atomic mass is 16.5. The fourth-order valence-corrected chi connectivity index (χ4v) is 2.96. The van der Waals surface area contributed by atoms with Crippen LogP contribution in [0.15, 0.2) is 42.5 Å². The highest BCUT2D eigenvalue weighted by molar-refractivity contribution is 5.94. The molecule has 0 saturated carbocycles. The SMILES string of the molecule is CCCNC(=O)c1ccc(COc2cccc3c2OC(C)(C)C3)cc1. The Hall–Kier alpha value is -2.49. The van der Waals surface area contributed by atoms with Crippen molar-refractivity contribution in [1.82, 2.24) is 5.32 Å². The maximum atomic E-state index is 11.9. The van der Waals surface area contributed by atoms with Gasteiger partial charge in [0.1, 0.15) is 12.2 Å². The van der Waals surface area contributed by atoms with Gasteiger partial charge in [0.2, 0.25) is 0 Å². The average molecular weight is 339 g/mol. The normalized spacial score (nSPS) is 14.5. The van der Waals surface area contributed by atoms with Crippen molar-refractivity contribution in [3.05, 3.63) is 59.2 Å². The summed E-state index contributed by atoms with van der Waals surface area (Å²) in [7, 11) is 0. The Morgan fingerprint density at radius 1 is 1.20 bits per heavy atom. The van der Waals surface area contributed by atoms with Gasteiger partial charge < -0.3 is 14.8 Å². The van der Waals surface area contributed by atoms with Crippen LogP contribution >= 0.6 is 0 Å². The Kier molecular flexibility index (Phi) is 4.98. The minimum atomic E-state index is -0.185. The van der Waals surface area contributed by atoms with Crippen molar-refractivity contribution >= 4 is 5.91 Å². The summed E-state index contributed by atoms with van der Waals surface area (Å²) in [5.74, 6) is 1.58. The van der Waals surface area contributed by atoms with Gasteiger partial charge in [-0.15, -0.1) is 0 Å². The molecule has 2 aromatic rings. The van der Waals surface area contributed by atoms with Crippen molar-refractivity contribution in [2.45, 2.75) is 45.8 Å². The minimum Gasteiger partial charge on any atom is -0.485 e. The first kappa shape index (κ1) is 17.3. The summed E-state index contributed by atoms with van der Waals surface area (Å²) < 4.78 is 12.0. The number of fused-ring (bicyclic) bond motifs is 1. The van der Waals surface area contributed by atoms with Crippen molar-refractivity contribution in [3.8, 4) is 11.5 Å². The van der Waals surface area contributed by atoms with Crippen LogP contribution in [0, 0.1) is 0 Å². The predicted molar refractivity (Wildman–Crippen MR) is 98.3 cm³/mol. The van der Waals surface area contributed by atoms with Crippen molar-refractivity contribution in [1.29, 1.82) is 0 Å². The summed E-state index contributed by atoms with van der Waals surface area (Å²) >= 11 is 0. The molecule has 0 atom stereocenters. The van der Waals surface area contributed by atoms with Crippen LogP contribution in [0.25, 0.3) is 0 Å². The molecular formula is C21H25NO3. The van der Waals surface area contributed by atoms with Crippen LogP contribution < -0.4 is 14.8 Å². The molecule has 1 aliphatic heterocycles. The minimum absolute atomic E-state index is 0.0363. The molecule has 4 heteroatoms. The summed E-state index contributed by atoms with van der Waals surface area (Å²) in [5.41, 5.74) is 2.69. The van der Waals surface area contributed by atoms with E-state index in [1.807, 2.05) is 43.3 Å². The number of para-hydroxylation sites is 1. The standard InChI is InChI=1S/C21H25NO3/c1-4-12-22-20(23)16-10-8-15(9-11-16)14-24-18-7-5-6-17-13-21(2,3)25-19(17)18/h5-11H,4,12-14H2,1-3H3,(H,22,23). The van der Waals surface area contributed by atoms with Gasteiger partial charge in [-0.05, 0) is 44.0 Å². The molecule has 1 heterocycles. The van der Waals surface area contributed by atoms with Crippen molar-refractivity contribution in [3.63, 3.8) is 0 Å². The van der Waals surface area contributed by atoms with Gasteiger partial charge in [-0.25, -0.2) is 0 Å². The van der Waals surface area contributed by atoms with E-state index >= 15 is 0 Å². The number of ether oxygens (including phenoxy) is 2. The molecule has 1 amide bonds. The van der Waals surface area contributed by atoms with Gasteiger partial charge >= 0.3 is 0 Å². The quantitative estimate of drug-likeness (QED) is 0.861. The maximum Gasteiger partial charge on any atom is 0.251 e. The van der Waals surface area contributed by atoms with E-state index in [1.54, 1.807) is 0 Å². The Labute approximate surface area is 149 Å². The maximum absolute atomic E-state index is 11.9. The molecule has 0 saturated heterocycles. The smallest absolute Gasteiger partial charge is 0.251 e. The summed E-state index contributed by atoms with van der Waals surface area (Å²) in [6.45, 7) is 7.33. The second kappa shape index (κ2) is 7.18.